The number of benzene rings is 1. The van der Waals surface area contributed by atoms with Gasteiger partial charge in [-0.1, -0.05) is 45.0 Å². The largest absolute Gasteiger partial charge is 0.303 e. The summed E-state index contributed by atoms with van der Waals surface area (Å²) in [7, 11) is 0. The summed E-state index contributed by atoms with van der Waals surface area (Å²) in [6, 6.07) is 8.91. The van der Waals surface area contributed by atoms with Crippen molar-refractivity contribution in [1.82, 2.24) is 0 Å². The van der Waals surface area contributed by atoms with Crippen molar-refractivity contribution in [3.63, 3.8) is 0 Å². The lowest BCUT2D eigenvalue weighted by atomic mass is 9.71. The van der Waals surface area contributed by atoms with Crippen LogP contribution in [0.5, 0.6) is 0 Å². The molecule has 0 aliphatic heterocycles. The summed E-state index contributed by atoms with van der Waals surface area (Å²) in [6.07, 6.45) is 6.91. The lowest BCUT2D eigenvalue weighted by Gasteiger charge is -2.34. The van der Waals surface area contributed by atoms with Gasteiger partial charge >= 0.3 is 0 Å². The van der Waals surface area contributed by atoms with Crippen molar-refractivity contribution in [2.24, 2.45) is 5.41 Å². The zero-order valence-corrected chi connectivity index (χ0v) is 12.5. The Morgan fingerprint density at radius 1 is 1.32 bits per heavy atom. The van der Waals surface area contributed by atoms with E-state index in [9.17, 15) is 4.79 Å². The molecule has 1 unspecified atom stereocenters. The van der Waals surface area contributed by atoms with E-state index in [0.29, 0.717) is 17.8 Å². The van der Waals surface area contributed by atoms with Gasteiger partial charge in [0.25, 0.3) is 0 Å². The van der Waals surface area contributed by atoms with E-state index in [1.165, 1.54) is 36.8 Å². The van der Waals surface area contributed by atoms with Crippen LogP contribution in [0.1, 0.15) is 75.8 Å². The fourth-order valence-corrected chi connectivity index (χ4v) is 3.13. The van der Waals surface area contributed by atoms with Gasteiger partial charge in [-0.15, -0.1) is 0 Å². The molecule has 1 nitrogen and oxygen atoms in total. The summed E-state index contributed by atoms with van der Waals surface area (Å²) in [5.74, 6) is 1.06. The Bertz CT molecular complexity index is 423. The lowest BCUT2D eigenvalue weighted by molar-refractivity contribution is -0.108. The molecule has 0 amide bonds. The molecule has 0 N–H and O–H groups in total. The zero-order valence-electron chi connectivity index (χ0n) is 12.5. The van der Waals surface area contributed by atoms with E-state index in [0.717, 1.165) is 12.2 Å². The van der Waals surface area contributed by atoms with E-state index in [1.807, 2.05) is 0 Å². The van der Waals surface area contributed by atoms with Crippen LogP contribution < -0.4 is 0 Å². The molecule has 104 valence electrons. The van der Waals surface area contributed by atoms with Crippen LogP contribution in [0.25, 0.3) is 0 Å². The van der Waals surface area contributed by atoms with Crippen LogP contribution in [0.3, 0.4) is 0 Å². The van der Waals surface area contributed by atoms with Gasteiger partial charge < -0.3 is 4.79 Å². The highest BCUT2D eigenvalue weighted by Crippen LogP contribution is 2.42. The minimum Gasteiger partial charge on any atom is -0.303 e. The van der Waals surface area contributed by atoms with Crippen LogP contribution in [-0.2, 0) is 4.79 Å². The Morgan fingerprint density at radius 3 is 2.63 bits per heavy atom. The van der Waals surface area contributed by atoms with Crippen molar-refractivity contribution in [1.29, 1.82) is 0 Å². The predicted molar refractivity (Wildman–Crippen MR) is 80.5 cm³/mol. The van der Waals surface area contributed by atoms with E-state index in [-0.39, 0.29) is 0 Å². The topological polar surface area (TPSA) is 17.1 Å². The van der Waals surface area contributed by atoms with Crippen LogP contribution >= 0.6 is 0 Å². The number of carbonyl (C=O) groups excluding carboxylic acids is 1. The quantitative estimate of drug-likeness (QED) is 0.690. The smallest absolute Gasteiger partial charge is 0.120 e. The molecule has 0 spiro atoms. The van der Waals surface area contributed by atoms with Crippen LogP contribution in [0.15, 0.2) is 24.3 Å². The number of rotatable bonds is 4. The maximum Gasteiger partial charge on any atom is 0.120 e. The Labute approximate surface area is 117 Å². The normalized spacial score (nSPS) is 21.0. The molecule has 1 heteroatoms. The van der Waals surface area contributed by atoms with E-state index >= 15 is 0 Å². The summed E-state index contributed by atoms with van der Waals surface area (Å²) in [5.41, 5.74) is 3.32. The lowest BCUT2D eigenvalue weighted by Crippen LogP contribution is -2.20. The first kappa shape index (κ1) is 14.3. The Morgan fingerprint density at radius 2 is 2.00 bits per heavy atom. The average Bonchev–Trinajstić information content (AvgIpc) is 2.39. The van der Waals surface area contributed by atoms with Gasteiger partial charge in [-0.2, -0.15) is 0 Å². The van der Waals surface area contributed by atoms with Gasteiger partial charge in [-0.25, -0.2) is 0 Å². The van der Waals surface area contributed by atoms with Crippen molar-refractivity contribution in [3.05, 3.63) is 35.4 Å². The SMILES string of the molecule is CC(CC=O)c1cccc(C2CCC(C)(C)CC2)c1. The Balaban J connectivity index is 2.09. The zero-order chi connectivity index (χ0) is 13.9. The highest BCUT2D eigenvalue weighted by atomic mass is 16.1. The molecule has 1 fully saturated rings. The molecule has 0 bridgehead atoms. The summed E-state index contributed by atoms with van der Waals surface area (Å²) >= 11 is 0. The number of aldehydes is 1. The van der Waals surface area contributed by atoms with Crippen molar-refractivity contribution >= 4 is 6.29 Å². The Hall–Kier alpha value is -1.11. The molecule has 2 rings (SSSR count). The molecule has 1 aromatic rings. The van der Waals surface area contributed by atoms with Gasteiger partial charge in [-0.05, 0) is 54.1 Å². The van der Waals surface area contributed by atoms with Gasteiger partial charge in [0.15, 0.2) is 0 Å². The van der Waals surface area contributed by atoms with Crippen LogP contribution in [0, 0.1) is 5.41 Å². The molecule has 0 saturated heterocycles. The summed E-state index contributed by atoms with van der Waals surface area (Å²) in [4.78, 5) is 10.6. The fourth-order valence-electron chi connectivity index (χ4n) is 3.13. The minimum atomic E-state index is 0.345. The third-order valence-corrected chi connectivity index (χ3v) is 4.74. The molecule has 1 aliphatic rings. The van der Waals surface area contributed by atoms with Crippen molar-refractivity contribution in [2.45, 2.75) is 64.7 Å². The van der Waals surface area contributed by atoms with E-state index in [2.05, 4.69) is 45.0 Å². The second-order valence-corrected chi connectivity index (χ2v) is 6.91. The number of carbonyl (C=O) groups is 1. The number of hydrogen-bond acceptors (Lipinski definition) is 1. The molecule has 0 heterocycles. The Kier molecular flexibility index (Phi) is 4.44. The third kappa shape index (κ3) is 3.68. The minimum absolute atomic E-state index is 0.345. The molecule has 0 radical (unpaired) electrons. The van der Waals surface area contributed by atoms with E-state index < -0.39 is 0 Å². The number of hydrogen-bond donors (Lipinski definition) is 0. The molecular formula is C18H26O. The van der Waals surface area contributed by atoms with Gasteiger partial charge in [0.2, 0.25) is 0 Å². The van der Waals surface area contributed by atoms with Crippen LogP contribution in [-0.4, -0.2) is 6.29 Å². The molecule has 1 saturated carbocycles. The average molecular weight is 258 g/mol. The van der Waals surface area contributed by atoms with Crippen LogP contribution in [0.4, 0.5) is 0 Å². The molecule has 1 atom stereocenters. The summed E-state index contributed by atoms with van der Waals surface area (Å²) < 4.78 is 0. The van der Waals surface area contributed by atoms with E-state index in [1.54, 1.807) is 0 Å². The van der Waals surface area contributed by atoms with Crippen LogP contribution in [0.2, 0.25) is 0 Å². The molecular weight excluding hydrogens is 232 g/mol. The summed E-state index contributed by atoms with van der Waals surface area (Å²) in [6.45, 7) is 6.90. The first-order valence-electron chi connectivity index (χ1n) is 7.55. The fraction of sp³-hybridized carbons (Fsp3) is 0.611. The maximum atomic E-state index is 10.6. The highest BCUT2D eigenvalue weighted by Gasteiger charge is 2.27. The maximum absolute atomic E-state index is 10.6. The van der Waals surface area contributed by atoms with E-state index in [4.69, 9.17) is 0 Å². The molecule has 19 heavy (non-hydrogen) atoms. The molecule has 1 aliphatic carbocycles. The third-order valence-electron chi connectivity index (χ3n) is 4.74. The van der Waals surface area contributed by atoms with Gasteiger partial charge in [-0.3, -0.25) is 0 Å². The molecule has 1 aromatic carbocycles. The highest BCUT2D eigenvalue weighted by molar-refractivity contribution is 5.51. The standard InChI is InChI=1S/C18H26O/c1-14(9-12-19)16-5-4-6-17(13-16)15-7-10-18(2,3)11-8-15/h4-6,12-15H,7-11H2,1-3H3. The predicted octanol–water partition coefficient (Wildman–Crippen LogP) is 5.06. The van der Waals surface area contributed by atoms with Crippen molar-refractivity contribution < 1.29 is 4.79 Å². The van der Waals surface area contributed by atoms with Gasteiger partial charge in [0.05, 0.1) is 0 Å². The first-order chi connectivity index (χ1) is 9.02. The summed E-state index contributed by atoms with van der Waals surface area (Å²) in [5, 5.41) is 0. The van der Waals surface area contributed by atoms with Crippen molar-refractivity contribution in [2.75, 3.05) is 0 Å². The monoisotopic (exact) mass is 258 g/mol. The van der Waals surface area contributed by atoms with Gasteiger partial charge in [0, 0.05) is 6.42 Å². The second-order valence-electron chi connectivity index (χ2n) is 6.91. The first-order valence-corrected chi connectivity index (χ1v) is 7.55. The molecule has 0 aromatic heterocycles. The second kappa shape index (κ2) is 5.90. The van der Waals surface area contributed by atoms with Gasteiger partial charge in [0.1, 0.15) is 6.29 Å². The van der Waals surface area contributed by atoms with Crippen molar-refractivity contribution in [3.8, 4) is 0 Å².